The molecule has 0 aliphatic heterocycles. The van der Waals surface area contributed by atoms with Crippen LogP contribution in [0.1, 0.15) is 36.1 Å². The monoisotopic (exact) mass is 499 g/mol. The highest BCUT2D eigenvalue weighted by molar-refractivity contribution is 6.06. The lowest BCUT2D eigenvalue weighted by Crippen LogP contribution is -2.10. The maximum Gasteiger partial charge on any atom is 0.248 e. The highest BCUT2D eigenvalue weighted by atomic mass is 16.5. The fourth-order valence-electron chi connectivity index (χ4n) is 4.50. The third-order valence-electron chi connectivity index (χ3n) is 6.66. The maximum absolute atomic E-state index is 13.0. The van der Waals surface area contributed by atoms with Crippen molar-refractivity contribution in [2.45, 2.75) is 34.6 Å². The van der Waals surface area contributed by atoms with E-state index in [9.17, 15) is 4.79 Å². The van der Waals surface area contributed by atoms with Gasteiger partial charge in [-0.3, -0.25) is 4.79 Å². The van der Waals surface area contributed by atoms with E-state index in [4.69, 9.17) is 18.6 Å². The van der Waals surface area contributed by atoms with Crippen LogP contribution < -0.4 is 19.5 Å². The van der Waals surface area contributed by atoms with E-state index in [1.807, 2.05) is 77.1 Å². The molecule has 1 amide bonds. The molecule has 0 spiro atoms. The van der Waals surface area contributed by atoms with Gasteiger partial charge in [-0.2, -0.15) is 0 Å². The predicted molar refractivity (Wildman–Crippen MR) is 149 cm³/mol. The molecular weight excluding hydrogens is 466 g/mol. The number of benzene rings is 3. The number of hydrogen-bond acceptors (Lipinski definition) is 5. The first-order valence-corrected chi connectivity index (χ1v) is 12.2. The smallest absolute Gasteiger partial charge is 0.248 e. The highest BCUT2D eigenvalue weighted by Crippen LogP contribution is 2.42. The Labute approximate surface area is 217 Å². The first kappa shape index (κ1) is 25.9. The molecule has 6 nitrogen and oxygen atoms in total. The van der Waals surface area contributed by atoms with Crippen molar-refractivity contribution >= 4 is 28.1 Å². The van der Waals surface area contributed by atoms with Crippen LogP contribution >= 0.6 is 0 Å². The number of carbonyl (C=O) groups excluding carboxylic acids is 1. The number of nitrogens with one attached hydrogen (secondary N) is 1. The van der Waals surface area contributed by atoms with Gasteiger partial charge in [-0.1, -0.05) is 18.2 Å². The van der Waals surface area contributed by atoms with Crippen LogP contribution in [0.3, 0.4) is 0 Å². The molecular formula is C31H33NO5. The number of hydrogen-bond donors (Lipinski definition) is 1. The van der Waals surface area contributed by atoms with E-state index < -0.39 is 0 Å². The molecule has 0 fully saturated rings. The van der Waals surface area contributed by atoms with Crippen molar-refractivity contribution in [2.24, 2.45) is 0 Å². The van der Waals surface area contributed by atoms with Crippen LogP contribution in [0.15, 0.2) is 59.2 Å². The van der Waals surface area contributed by atoms with Gasteiger partial charge in [0.1, 0.15) is 11.3 Å². The number of allylic oxidation sites excluding steroid dienone is 1. The van der Waals surface area contributed by atoms with Crippen LogP contribution in [-0.4, -0.2) is 26.7 Å². The molecule has 4 rings (SSSR count). The van der Waals surface area contributed by atoms with Crippen LogP contribution in [0, 0.1) is 20.8 Å². The predicted octanol–water partition coefficient (Wildman–Crippen LogP) is 7.48. The number of aryl methyl sites for hydroxylation is 2. The molecule has 37 heavy (non-hydrogen) atoms. The normalized spacial score (nSPS) is 11.5. The average Bonchev–Trinajstić information content (AvgIpc) is 3.32. The van der Waals surface area contributed by atoms with Crippen LogP contribution in [0.25, 0.3) is 27.7 Å². The fraction of sp³-hybridized carbons (Fsp3) is 0.258. The van der Waals surface area contributed by atoms with Crippen molar-refractivity contribution in [1.29, 1.82) is 0 Å². The van der Waals surface area contributed by atoms with Gasteiger partial charge in [-0.25, -0.2) is 0 Å². The van der Waals surface area contributed by atoms with E-state index in [0.717, 1.165) is 55.6 Å². The van der Waals surface area contributed by atoms with Crippen molar-refractivity contribution in [3.8, 4) is 28.4 Å². The summed E-state index contributed by atoms with van der Waals surface area (Å²) in [6.45, 7) is 10.4. The van der Waals surface area contributed by atoms with Crippen molar-refractivity contribution < 1.29 is 23.4 Å². The maximum atomic E-state index is 13.0. The lowest BCUT2D eigenvalue weighted by molar-refractivity contribution is -0.111. The number of fused-ring (bicyclic) bond motifs is 1. The summed E-state index contributed by atoms with van der Waals surface area (Å²) in [4.78, 5) is 13.0. The van der Waals surface area contributed by atoms with E-state index in [1.54, 1.807) is 26.6 Å². The number of furan rings is 1. The van der Waals surface area contributed by atoms with Crippen LogP contribution in [0.4, 0.5) is 5.69 Å². The van der Waals surface area contributed by atoms with Crippen molar-refractivity contribution in [1.82, 2.24) is 0 Å². The summed E-state index contributed by atoms with van der Waals surface area (Å²) < 4.78 is 23.0. The third-order valence-corrected chi connectivity index (χ3v) is 6.66. The molecule has 3 aromatic carbocycles. The Kier molecular flexibility index (Phi) is 7.58. The van der Waals surface area contributed by atoms with Crippen LogP contribution in [-0.2, 0) is 4.79 Å². The molecule has 6 heteroatoms. The van der Waals surface area contributed by atoms with Gasteiger partial charge in [0.25, 0.3) is 0 Å². The minimum Gasteiger partial charge on any atom is -0.493 e. The number of methoxy groups -OCH3 is 2. The van der Waals surface area contributed by atoms with Gasteiger partial charge < -0.3 is 23.9 Å². The second-order valence-corrected chi connectivity index (χ2v) is 8.97. The standard InChI is InChI=1S/C31H33NO5/c1-8-36-30-21(5)31-24(25(17-37-31)22-12-13-27(34-6)28(15-22)35-7)16-23(30)19(3)14-29(33)32-26-11-9-10-18(2)20(26)4/h9-17H,8H2,1-7H3,(H,32,33)/b19-14+. The zero-order valence-electron chi connectivity index (χ0n) is 22.4. The van der Waals surface area contributed by atoms with Crippen LogP contribution in [0.2, 0.25) is 0 Å². The highest BCUT2D eigenvalue weighted by Gasteiger charge is 2.20. The van der Waals surface area contributed by atoms with Crippen molar-refractivity contribution in [3.05, 3.63) is 77.1 Å². The second kappa shape index (κ2) is 10.8. The average molecular weight is 500 g/mol. The largest absolute Gasteiger partial charge is 0.493 e. The molecule has 1 N–H and O–H groups in total. The molecule has 1 aromatic heterocycles. The first-order chi connectivity index (χ1) is 17.8. The molecule has 192 valence electrons. The number of rotatable bonds is 8. The molecule has 0 aliphatic carbocycles. The zero-order chi connectivity index (χ0) is 26.7. The van der Waals surface area contributed by atoms with E-state index in [2.05, 4.69) is 5.32 Å². The van der Waals surface area contributed by atoms with Gasteiger partial charge in [0, 0.05) is 33.8 Å². The van der Waals surface area contributed by atoms with Gasteiger partial charge in [0.2, 0.25) is 5.91 Å². The number of ether oxygens (including phenoxy) is 3. The minimum absolute atomic E-state index is 0.196. The van der Waals surface area contributed by atoms with Crippen molar-refractivity contribution in [2.75, 3.05) is 26.1 Å². The summed E-state index contributed by atoms with van der Waals surface area (Å²) in [6.07, 6.45) is 3.35. The topological polar surface area (TPSA) is 69.9 Å². The Balaban J connectivity index is 1.80. The van der Waals surface area contributed by atoms with Crippen LogP contribution in [0.5, 0.6) is 17.2 Å². The van der Waals surface area contributed by atoms with E-state index in [1.165, 1.54) is 0 Å². The fourth-order valence-corrected chi connectivity index (χ4v) is 4.50. The second-order valence-electron chi connectivity index (χ2n) is 8.97. The molecule has 1 heterocycles. The molecule has 0 saturated heterocycles. The molecule has 0 radical (unpaired) electrons. The van der Waals surface area contributed by atoms with E-state index >= 15 is 0 Å². The Hall–Kier alpha value is -4.19. The lowest BCUT2D eigenvalue weighted by Gasteiger charge is -2.15. The summed E-state index contributed by atoms with van der Waals surface area (Å²) in [7, 11) is 3.23. The Bertz CT molecular complexity index is 1500. The summed E-state index contributed by atoms with van der Waals surface area (Å²) >= 11 is 0. The summed E-state index contributed by atoms with van der Waals surface area (Å²) in [5.74, 6) is 1.80. The van der Waals surface area contributed by atoms with Gasteiger partial charge >= 0.3 is 0 Å². The van der Waals surface area contributed by atoms with Gasteiger partial charge in [0.15, 0.2) is 11.5 Å². The molecule has 0 aliphatic rings. The molecule has 0 bridgehead atoms. The van der Waals surface area contributed by atoms with Gasteiger partial charge in [-0.05, 0) is 81.1 Å². The van der Waals surface area contributed by atoms with E-state index in [-0.39, 0.29) is 5.91 Å². The quantitative estimate of drug-likeness (QED) is 0.254. The molecule has 0 atom stereocenters. The zero-order valence-corrected chi connectivity index (χ0v) is 22.4. The lowest BCUT2D eigenvalue weighted by atomic mass is 9.96. The molecule has 0 unspecified atom stereocenters. The summed E-state index contributed by atoms with van der Waals surface area (Å²) in [6, 6.07) is 13.7. The minimum atomic E-state index is -0.196. The number of anilines is 1. The van der Waals surface area contributed by atoms with Crippen molar-refractivity contribution in [3.63, 3.8) is 0 Å². The van der Waals surface area contributed by atoms with E-state index in [0.29, 0.717) is 23.9 Å². The van der Waals surface area contributed by atoms with Gasteiger partial charge in [-0.15, -0.1) is 0 Å². The molecule has 4 aromatic rings. The third kappa shape index (κ3) is 5.05. The Morgan fingerprint density at radius 2 is 1.76 bits per heavy atom. The Morgan fingerprint density at radius 3 is 2.46 bits per heavy atom. The first-order valence-electron chi connectivity index (χ1n) is 12.2. The Morgan fingerprint density at radius 1 is 1.00 bits per heavy atom. The number of carbonyl (C=O) groups is 1. The SMILES string of the molecule is CCOc1c(/C(C)=C/C(=O)Nc2cccc(C)c2C)cc2c(-c3ccc(OC)c(OC)c3)coc2c1C. The molecule has 0 saturated carbocycles. The summed E-state index contributed by atoms with van der Waals surface area (Å²) in [5.41, 5.74) is 8.07. The van der Waals surface area contributed by atoms with Gasteiger partial charge in [0.05, 0.1) is 27.1 Å². The summed E-state index contributed by atoms with van der Waals surface area (Å²) in [5, 5.41) is 3.93. The number of amides is 1.